The van der Waals surface area contributed by atoms with Crippen LogP contribution in [-0.2, 0) is 0 Å². The number of fused-ring (bicyclic) bond motifs is 2. The van der Waals surface area contributed by atoms with Gasteiger partial charge in [0.2, 0.25) is 0 Å². The number of H-pyrrole nitrogens is 2. The average Bonchev–Trinajstić information content (AvgIpc) is 3.77. The van der Waals surface area contributed by atoms with Crippen LogP contribution in [0.2, 0.25) is 0 Å². The van der Waals surface area contributed by atoms with Crippen LogP contribution < -0.4 is 5.32 Å². The molecule has 6 rings (SSSR count). The molecule has 5 nitrogen and oxygen atoms in total. The van der Waals surface area contributed by atoms with Gasteiger partial charge in [0.25, 0.3) is 0 Å². The molecule has 0 amide bonds. The van der Waals surface area contributed by atoms with Crippen molar-refractivity contribution in [3.63, 3.8) is 0 Å². The van der Waals surface area contributed by atoms with E-state index in [9.17, 15) is 0 Å². The summed E-state index contributed by atoms with van der Waals surface area (Å²) in [7, 11) is 0. The van der Waals surface area contributed by atoms with Gasteiger partial charge in [0, 0.05) is 43.7 Å². The summed E-state index contributed by atoms with van der Waals surface area (Å²) in [6.45, 7) is 16.6. The number of nitrogens with one attached hydrogen (secondary N) is 3. The Morgan fingerprint density at radius 3 is 2.65 bits per heavy atom. The zero-order chi connectivity index (χ0) is 29.9. The van der Waals surface area contributed by atoms with Crippen LogP contribution in [0.3, 0.4) is 0 Å². The maximum Gasteiger partial charge on any atom is 0.138 e. The van der Waals surface area contributed by atoms with E-state index in [2.05, 4.69) is 102 Å². The zero-order valence-electron chi connectivity index (χ0n) is 25.1. The van der Waals surface area contributed by atoms with Crippen LogP contribution in [0.1, 0.15) is 62.8 Å². The molecule has 0 aliphatic heterocycles. The first-order chi connectivity index (χ1) is 20.9. The molecule has 5 aromatic rings. The fourth-order valence-corrected chi connectivity index (χ4v) is 7.09. The number of rotatable bonds is 10. The molecule has 4 heterocycles. The molecular weight excluding hydrogens is 547 g/mol. The zero-order valence-corrected chi connectivity index (χ0v) is 25.9. The second kappa shape index (κ2) is 12.4. The second-order valence-electron chi connectivity index (χ2n) is 11.6. The summed E-state index contributed by atoms with van der Waals surface area (Å²) >= 11 is 1.75. The Labute approximate surface area is 257 Å². The molecule has 6 heteroatoms. The van der Waals surface area contributed by atoms with Gasteiger partial charge >= 0.3 is 0 Å². The quantitative estimate of drug-likeness (QED) is 0.143. The average molecular weight is 586 g/mol. The van der Waals surface area contributed by atoms with E-state index in [0.29, 0.717) is 0 Å². The fraction of sp³-hybridized carbons (Fsp3) is 0.243. The summed E-state index contributed by atoms with van der Waals surface area (Å²) in [5, 5.41) is 13.6. The third kappa shape index (κ3) is 6.06. The van der Waals surface area contributed by atoms with Gasteiger partial charge in [-0.1, -0.05) is 64.0 Å². The predicted molar refractivity (Wildman–Crippen MR) is 185 cm³/mol. The number of nitrogens with zero attached hydrogens (tertiary/aromatic N) is 2. The molecule has 1 aliphatic carbocycles. The molecule has 4 aromatic heterocycles. The van der Waals surface area contributed by atoms with Crippen molar-refractivity contribution in [2.24, 2.45) is 5.92 Å². The molecule has 0 bridgehead atoms. The molecule has 0 atom stereocenters. The van der Waals surface area contributed by atoms with E-state index in [0.717, 1.165) is 79.3 Å². The Bertz CT molecular complexity index is 1890. The second-order valence-corrected chi connectivity index (χ2v) is 12.6. The maximum absolute atomic E-state index is 4.72. The van der Waals surface area contributed by atoms with E-state index in [1.165, 1.54) is 41.9 Å². The first-order valence-corrected chi connectivity index (χ1v) is 15.9. The number of hydrogen-bond acceptors (Lipinski definition) is 4. The lowest BCUT2D eigenvalue weighted by Crippen LogP contribution is -2.15. The van der Waals surface area contributed by atoms with Crippen molar-refractivity contribution >= 4 is 44.4 Å². The highest BCUT2D eigenvalue weighted by atomic mass is 32.1. The van der Waals surface area contributed by atoms with Crippen LogP contribution in [0.5, 0.6) is 0 Å². The molecule has 3 N–H and O–H groups in total. The summed E-state index contributed by atoms with van der Waals surface area (Å²) in [4.78, 5) is 10.5. The molecule has 1 aliphatic rings. The van der Waals surface area contributed by atoms with Crippen LogP contribution in [0, 0.1) is 5.92 Å². The number of allylic oxidation sites excluding steroid dienone is 6. The van der Waals surface area contributed by atoms with E-state index in [1.807, 2.05) is 19.2 Å². The minimum absolute atomic E-state index is 0.734. The van der Waals surface area contributed by atoms with Gasteiger partial charge < -0.3 is 10.3 Å². The van der Waals surface area contributed by atoms with Gasteiger partial charge in [0.05, 0.1) is 11.2 Å². The van der Waals surface area contributed by atoms with Crippen molar-refractivity contribution in [3.8, 4) is 21.8 Å². The number of thiophene rings is 1. The van der Waals surface area contributed by atoms with E-state index in [1.54, 1.807) is 11.3 Å². The number of aromatic amines is 2. The number of hydrogen-bond donors (Lipinski definition) is 3. The van der Waals surface area contributed by atoms with E-state index in [4.69, 9.17) is 5.10 Å². The summed E-state index contributed by atoms with van der Waals surface area (Å²) in [5.41, 5.74) is 10.1. The number of pyridine rings is 1. The van der Waals surface area contributed by atoms with Crippen molar-refractivity contribution in [2.75, 3.05) is 0 Å². The Morgan fingerprint density at radius 2 is 1.91 bits per heavy atom. The highest BCUT2D eigenvalue weighted by Gasteiger charge is 2.17. The predicted octanol–water partition coefficient (Wildman–Crippen LogP) is 10.4. The topological polar surface area (TPSA) is 69.4 Å². The lowest BCUT2D eigenvalue weighted by atomic mass is 9.86. The van der Waals surface area contributed by atoms with E-state index in [-0.39, 0.29) is 0 Å². The summed E-state index contributed by atoms with van der Waals surface area (Å²) in [6, 6.07) is 15.0. The first kappa shape index (κ1) is 28.7. The van der Waals surface area contributed by atoms with Crippen molar-refractivity contribution in [3.05, 3.63) is 108 Å². The molecule has 1 saturated carbocycles. The lowest BCUT2D eigenvalue weighted by Gasteiger charge is -2.23. The molecule has 0 radical (unpaired) electrons. The monoisotopic (exact) mass is 585 g/mol. The van der Waals surface area contributed by atoms with Crippen LogP contribution in [0.25, 0.3) is 54.9 Å². The van der Waals surface area contributed by atoms with Crippen molar-refractivity contribution < 1.29 is 0 Å². The first-order valence-electron chi connectivity index (χ1n) is 15.1. The smallest absolute Gasteiger partial charge is 0.138 e. The molecule has 1 fully saturated rings. The number of aromatic nitrogens is 4. The highest BCUT2D eigenvalue weighted by Crippen LogP contribution is 2.38. The number of benzene rings is 1. The minimum Gasteiger partial charge on any atom is -0.359 e. The van der Waals surface area contributed by atoms with Crippen molar-refractivity contribution in [1.82, 2.24) is 25.5 Å². The van der Waals surface area contributed by atoms with Gasteiger partial charge in [0.1, 0.15) is 11.3 Å². The van der Waals surface area contributed by atoms with Crippen molar-refractivity contribution in [1.29, 1.82) is 0 Å². The normalized spacial score (nSPS) is 14.8. The molecule has 1 aromatic carbocycles. The standard InChI is InChI=1S/C37H39N5S/c1-6-26(20-28(7-2)39-24(5)19-25-11-9-8-10-12-25)27-13-14-32-31(21-27)36(42-41-32)33-22-30-29(17-18-38-37(30)40-33)35-16-15-34(43-35)23(3)4/h6-7,13-18,20-22,25,39H,2-3,5,8-12,19H2,1,4H3,(H,38,40)(H,41,42)/b26-6+,28-20+. The Morgan fingerprint density at radius 1 is 1.07 bits per heavy atom. The van der Waals surface area contributed by atoms with Gasteiger partial charge in [-0.3, -0.25) is 5.10 Å². The SMILES string of the molecule is C=C/C(=C\C(=C/C)c1ccc2[nH]nc(-c3cc4c(-c5ccc(C(=C)C)s5)ccnc4[nH]3)c2c1)NC(=C)CC1CCCCC1. The molecule has 0 spiro atoms. The van der Waals surface area contributed by atoms with Crippen LogP contribution >= 0.6 is 11.3 Å². The summed E-state index contributed by atoms with van der Waals surface area (Å²) < 4.78 is 0. The highest BCUT2D eigenvalue weighted by molar-refractivity contribution is 7.16. The van der Waals surface area contributed by atoms with Gasteiger partial charge in [-0.25, -0.2) is 4.98 Å². The van der Waals surface area contributed by atoms with Gasteiger partial charge in [-0.2, -0.15) is 5.10 Å². The van der Waals surface area contributed by atoms with Gasteiger partial charge in [-0.05, 0) is 91.4 Å². The Hall–Kier alpha value is -4.42. The van der Waals surface area contributed by atoms with Crippen LogP contribution in [-0.4, -0.2) is 20.2 Å². The molecule has 43 heavy (non-hydrogen) atoms. The van der Waals surface area contributed by atoms with Gasteiger partial charge in [0.15, 0.2) is 0 Å². The molecule has 218 valence electrons. The van der Waals surface area contributed by atoms with Crippen molar-refractivity contribution in [2.45, 2.75) is 52.4 Å². The largest absolute Gasteiger partial charge is 0.359 e. The van der Waals surface area contributed by atoms with Gasteiger partial charge in [-0.15, -0.1) is 11.3 Å². The van der Waals surface area contributed by atoms with E-state index >= 15 is 0 Å². The van der Waals surface area contributed by atoms with Crippen LogP contribution in [0.4, 0.5) is 0 Å². The Balaban J connectivity index is 1.30. The Kier molecular flexibility index (Phi) is 8.30. The molecule has 0 unspecified atom stereocenters. The fourth-order valence-electron chi connectivity index (χ4n) is 6.12. The lowest BCUT2D eigenvalue weighted by molar-refractivity contribution is 0.353. The summed E-state index contributed by atoms with van der Waals surface area (Å²) in [5.74, 6) is 0.734. The maximum atomic E-state index is 4.72. The van der Waals surface area contributed by atoms with E-state index < -0.39 is 0 Å². The third-order valence-corrected chi connectivity index (χ3v) is 9.68. The minimum atomic E-state index is 0.734. The van der Waals surface area contributed by atoms with Crippen LogP contribution in [0.15, 0.2) is 98.0 Å². The molecule has 0 saturated heterocycles. The third-order valence-electron chi connectivity index (χ3n) is 8.40. The summed E-state index contributed by atoms with van der Waals surface area (Å²) in [6.07, 6.45) is 15.7. The molecular formula is C37H39N5S.